The molecule has 0 radical (unpaired) electrons. The van der Waals surface area contributed by atoms with Crippen LogP contribution in [-0.4, -0.2) is 49.3 Å². The van der Waals surface area contributed by atoms with Crippen molar-refractivity contribution in [3.8, 4) is 0 Å². The minimum atomic E-state index is -0.208. The molecule has 1 N–H and O–H groups in total. The number of rotatable bonds is 6. The molecule has 0 aliphatic carbocycles. The van der Waals surface area contributed by atoms with Crippen molar-refractivity contribution >= 4 is 44.3 Å². The van der Waals surface area contributed by atoms with Crippen LogP contribution in [0.5, 0.6) is 0 Å². The van der Waals surface area contributed by atoms with Crippen LogP contribution in [0.4, 0.5) is 0 Å². The lowest BCUT2D eigenvalue weighted by atomic mass is 9.92. The second kappa shape index (κ2) is 8.88. The summed E-state index contributed by atoms with van der Waals surface area (Å²) in [6.07, 6.45) is 0.791. The molecule has 0 bridgehead atoms. The second-order valence-corrected chi connectivity index (χ2v) is 8.40. The van der Waals surface area contributed by atoms with E-state index < -0.39 is 0 Å². The van der Waals surface area contributed by atoms with E-state index in [1.807, 2.05) is 35.2 Å². The van der Waals surface area contributed by atoms with Gasteiger partial charge in [-0.15, -0.1) is 0 Å². The van der Waals surface area contributed by atoms with Gasteiger partial charge < -0.3 is 19.4 Å². The fourth-order valence-corrected chi connectivity index (χ4v) is 4.39. The number of hydrogen-bond acceptors (Lipinski definition) is 3. The van der Waals surface area contributed by atoms with Crippen LogP contribution in [-0.2, 0) is 20.7 Å². The number of benzene rings is 2. The van der Waals surface area contributed by atoms with E-state index in [-0.39, 0.29) is 18.6 Å². The molecule has 29 heavy (non-hydrogen) atoms. The highest BCUT2D eigenvalue weighted by Crippen LogP contribution is 2.39. The van der Waals surface area contributed by atoms with Gasteiger partial charge in [-0.2, -0.15) is 0 Å². The van der Waals surface area contributed by atoms with Gasteiger partial charge in [-0.3, -0.25) is 4.79 Å². The van der Waals surface area contributed by atoms with E-state index >= 15 is 0 Å². The van der Waals surface area contributed by atoms with Crippen LogP contribution in [0.15, 0.2) is 46.9 Å². The number of methoxy groups -OCH3 is 1. The van der Waals surface area contributed by atoms with Crippen molar-refractivity contribution in [1.82, 2.24) is 9.88 Å². The van der Waals surface area contributed by atoms with Crippen molar-refractivity contribution in [2.75, 3.05) is 33.5 Å². The van der Waals surface area contributed by atoms with E-state index in [2.05, 4.69) is 33.0 Å². The molecular weight excluding hydrogens is 456 g/mol. The summed E-state index contributed by atoms with van der Waals surface area (Å²) in [5.41, 5.74) is 4.40. The number of carbonyl (C=O) groups excluding carboxylic acids is 1. The summed E-state index contributed by atoms with van der Waals surface area (Å²) >= 11 is 9.67. The molecule has 2 aromatic carbocycles. The molecular formula is C22H22BrClN2O3. The molecule has 1 aliphatic rings. The Balaban J connectivity index is 1.72. The number of nitrogens with zero attached hydrogens (tertiary/aromatic N) is 1. The molecule has 1 unspecified atom stereocenters. The van der Waals surface area contributed by atoms with Crippen LogP contribution in [0.25, 0.3) is 10.9 Å². The number of hydrogen-bond donors (Lipinski definition) is 1. The number of halogens is 2. The molecule has 3 aromatic rings. The first kappa shape index (κ1) is 20.4. The van der Waals surface area contributed by atoms with Gasteiger partial charge in [0.2, 0.25) is 5.91 Å². The molecule has 1 atom stereocenters. The number of aromatic amines is 1. The summed E-state index contributed by atoms with van der Waals surface area (Å²) in [4.78, 5) is 18.5. The molecule has 0 saturated carbocycles. The highest BCUT2D eigenvalue weighted by atomic mass is 79.9. The smallest absolute Gasteiger partial charge is 0.249 e. The van der Waals surface area contributed by atoms with Gasteiger partial charge in [-0.1, -0.05) is 39.7 Å². The molecule has 7 heteroatoms. The van der Waals surface area contributed by atoms with E-state index in [1.54, 1.807) is 7.11 Å². The third kappa shape index (κ3) is 4.21. The van der Waals surface area contributed by atoms with Gasteiger partial charge >= 0.3 is 0 Å². The molecule has 1 amide bonds. The lowest BCUT2D eigenvalue weighted by Crippen LogP contribution is -2.42. The van der Waals surface area contributed by atoms with Gasteiger partial charge in [0.05, 0.1) is 19.3 Å². The minimum absolute atomic E-state index is 0.0356. The Labute approximate surface area is 183 Å². The second-order valence-electron chi connectivity index (χ2n) is 7.04. The molecule has 152 valence electrons. The highest BCUT2D eigenvalue weighted by Gasteiger charge is 2.34. The van der Waals surface area contributed by atoms with Crippen molar-refractivity contribution in [2.45, 2.75) is 12.5 Å². The van der Waals surface area contributed by atoms with Crippen molar-refractivity contribution in [3.63, 3.8) is 0 Å². The van der Waals surface area contributed by atoms with Gasteiger partial charge in [-0.05, 0) is 47.9 Å². The summed E-state index contributed by atoms with van der Waals surface area (Å²) in [5, 5.41) is 1.86. The first-order valence-electron chi connectivity index (χ1n) is 9.50. The largest absolute Gasteiger partial charge is 0.382 e. The SMILES string of the molecule is COCCOCC(=O)N1CCc2c([nH]c3ccc(Br)cc23)C1c1ccc(Cl)cc1. The maximum atomic E-state index is 13.0. The van der Waals surface area contributed by atoms with E-state index in [1.165, 1.54) is 10.9 Å². The number of amides is 1. The zero-order valence-electron chi connectivity index (χ0n) is 16.1. The number of carbonyl (C=O) groups is 1. The monoisotopic (exact) mass is 476 g/mol. The van der Waals surface area contributed by atoms with Gasteiger partial charge in [0, 0.05) is 39.7 Å². The van der Waals surface area contributed by atoms with Crippen LogP contribution in [0.1, 0.15) is 22.9 Å². The molecule has 2 heterocycles. The van der Waals surface area contributed by atoms with Gasteiger partial charge in [0.1, 0.15) is 6.61 Å². The zero-order valence-corrected chi connectivity index (χ0v) is 18.4. The fraction of sp³-hybridized carbons (Fsp3) is 0.318. The van der Waals surface area contributed by atoms with Gasteiger partial charge in [-0.25, -0.2) is 0 Å². The number of ether oxygens (including phenoxy) is 2. The quantitative estimate of drug-likeness (QED) is 0.523. The maximum absolute atomic E-state index is 13.0. The lowest BCUT2D eigenvalue weighted by molar-refractivity contribution is -0.138. The highest BCUT2D eigenvalue weighted by molar-refractivity contribution is 9.10. The lowest BCUT2D eigenvalue weighted by Gasteiger charge is -2.36. The Hall–Kier alpha value is -1.86. The third-order valence-electron chi connectivity index (χ3n) is 5.25. The average Bonchev–Trinajstić information content (AvgIpc) is 3.09. The van der Waals surface area contributed by atoms with Crippen LogP contribution in [0.2, 0.25) is 5.02 Å². The summed E-state index contributed by atoms with van der Waals surface area (Å²) in [6, 6.07) is 13.7. The zero-order chi connectivity index (χ0) is 20.4. The third-order valence-corrected chi connectivity index (χ3v) is 6.00. The van der Waals surface area contributed by atoms with E-state index in [0.717, 1.165) is 27.7 Å². The van der Waals surface area contributed by atoms with Crippen molar-refractivity contribution < 1.29 is 14.3 Å². The Bertz CT molecular complexity index is 1020. The fourth-order valence-electron chi connectivity index (χ4n) is 3.91. The Morgan fingerprint density at radius 1 is 1.24 bits per heavy atom. The minimum Gasteiger partial charge on any atom is -0.382 e. The molecule has 1 aliphatic heterocycles. The molecule has 0 spiro atoms. The van der Waals surface area contributed by atoms with Crippen molar-refractivity contribution in [2.24, 2.45) is 0 Å². The summed E-state index contributed by atoms with van der Waals surface area (Å²) in [6.45, 7) is 1.53. The predicted octanol–water partition coefficient (Wildman–Crippen LogP) is 4.72. The standard InChI is InChI=1S/C22H22BrClN2O3/c1-28-10-11-29-13-20(27)26-9-8-17-18-12-15(23)4-7-19(18)25-21(17)22(26)14-2-5-16(24)6-3-14/h2-7,12,22,25H,8-11,13H2,1H3. The molecule has 1 aromatic heterocycles. The Kier molecular flexibility index (Phi) is 6.25. The van der Waals surface area contributed by atoms with E-state index in [0.29, 0.717) is 24.8 Å². The predicted molar refractivity (Wildman–Crippen MR) is 117 cm³/mol. The topological polar surface area (TPSA) is 54.6 Å². The van der Waals surface area contributed by atoms with E-state index in [4.69, 9.17) is 21.1 Å². The molecule has 5 nitrogen and oxygen atoms in total. The number of aromatic nitrogens is 1. The normalized spacial score (nSPS) is 16.2. The number of H-pyrrole nitrogens is 1. The summed E-state index contributed by atoms with van der Waals surface area (Å²) < 4.78 is 11.5. The van der Waals surface area contributed by atoms with Crippen LogP contribution in [0.3, 0.4) is 0 Å². The molecule has 0 fully saturated rings. The number of fused-ring (bicyclic) bond motifs is 3. The Morgan fingerprint density at radius 2 is 2.03 bits per heavy atom. The number of nitrogens with one attached hydrogen (secondary N) is 1. The van der Waals surface area contributed by atoms with Crippen molar-refractivity contribution in [3.05, 3.63) is 68.8 Å². The van der Waals surface area contributed by atoms with Gasteiger partial charge in [0.15, 0.2) is 0 Å². The first-order valence-corrected chi connectivity index (χ1v) is 10.7. The summed E-state index contributed by atoms with van der Waals surface area (Å²) in [5.74, 6) is -0.0356. The van der Waals surface area contributed by atoms with Crippen LogP contribution < -0.4 is 0 Å². The first-order chi connectivity index (χ1) is 14.1. The van der Waals surface area contributed by atoms with Crippen molar-refractivity contribution in [1.29, 1.82) is 0 Å². The average molecular weight is 478 g/mol. The van der Waals surface area contributed by atoms with Crippen LogP contribution in [0, 0.1) is 0 Å². The van der Waals surface area contributed by atoms with Gasteiger partial charge in [0.25, 0.3) is 0 Å². The van der Waals surface area contributed by atoms with E-state index in [9.17, 15) is 4.79 Å². The Morgan fingerprint density at radius 3 is 2.79 bits per heavy atom. The maximum Gasteiger partial charge on any atom is 0.249 e. The molecule has 4 rings (SSSR count). The van der Waals surface area contributed by atoms with Crippen LogP contribution >= 0.6 is 27.5 Å². The molecule has 0 saturated heterocycles. The summed E-state index contributed by atoms with van der Waals surface area (Å²) in [7, 11) is 1.61.